The Kier molecular flexibility index (Phi) is 5.24. The maximum Gasteiger partial charge on any atom is 0.498 e. The third kappa shape index (κ3) is 3.20. The summed E-state index contributed by atoms with van der Waals surface area (Å²) in [5, 5.41) is 1.65. The second-order valence-electron chi connectivity index (χ2n) is 2.90. The molecular weight excluding hydrogens is 316 g/mol. The Labute approximate surface area is 108 Å². The molecule has 0 saturated carbocycles. The van der Waals surface area contributed by atoms with Gasteiger partial charge in [0.2, 0.25) is 0 Å². The van der Waals surface area contributed by atoms with Gasteiger partial charge in [0.25, 0.3) is 0 Å². The number of rotatable bonds is 4. The summed E-state index contributed by atoms with van der Waals surface area (Å²) in [5.41, 5.74) is 0. The number of carbonyl (C=O) groups excluding carboxylic acids is 1. The molecule has 0 aromatic carbocycles. The molecular formula is C11H11BINO2. The van der Waals surface area contributed by atoms with Gasteiger partial charge in [-0.1, -0.05) is 41.1 Å². The summed E-state index contributed by atoms with van der Waals surface area (Å²) in [7, 11) is 0. The van der Waals surface area contributed by atoms with E-state index in [1.54, 1.807) is 12.3 Å². The van der Waals surface area contributed by atoms with Crippen LogP contribution in [0.2, 0.25) is 0 Å². The first-order valence-electron chi connectivity index (χ1n) is 4.73. The number of aromatic nitrogens is 1. The van der Waals surface area contributed by atoms with Crippen LogP contribution >= 0.6 is 22.4 Å². The highest BCUT2D eigenvalue weighted by Gasteiger charge is 2.12. The first-order chi connectivity index (χ1) is 7.72. The molecule has 5 heteroatoms. The van der Waals surface area contributed by atoms with Gasteiger partial charge in [-0.15, -0.1) is 0 Å². The summed E-state index contributed by atoms with van der Waals surface area (Å²) in [6.07, 6.45) is 5.89. The molecule has 0 aliphatic carbocycles. The zero-order valence-electron chi connectivity index (χ0n) is 8.89. The molecule has 0 atom stereocenters. The van der Waals surface area contributed by atoms with Crippen LogP contribution in [0.1, 0.15) is 6.92 Å². The normalized spacial score (nSPS) is 13.0. The van der Waals surface area contributed by atoms with Crippen LogP contribution in [0, 0.1) is 0 Å². The lowest BCUT2D eigenvalue weighted by Gasteiger charge is -2.05. The minimum atomic E-state index is -0.530. The summed E-state index contributed by atoms with van der Waals surface area (Å²) in [6.45, 7) is 5.58. The Hall–Kier alpha value is -1.11. The Morgan fingerprint density at radius 1 is 1.69 bits per heavy atom. The maximum absolute atomic E-state index is 10.5. The van der Waals surface area contributed by atoms with Gasteiger partial charge in [0.05, 0.1) is 0 Å². The average Bonchev–Trinajstić information content (AvgIpc) is 2.35. The molecule has 1 aromatic heterocycles. The van der Waals surface area contributed by atoms with Gasteiger partial charge in [-0.05, 0) is 24.3 Å². The third-order valence-electron chi connectivity index (χ3n) is 1.92. The molecule has 0 spiro atoms. The van der Waals surface area contributed by atoms with Crippen LogP contribution < -0.4 is 10.6 Å². The summed E-state index contributed by atoms with van der Waals surface area (Å²) < 4.78 is 4.88. The maximum atomic E-state index is 10.5. The van der Waals surface area contributed by atoms with Gasteiger partial charge in [-0.3, -0.25) is 4.98 Å². The van der Waals surface area contributed by atoms with E-state index in [-0.39, 0.29) is 0 Å². The van der Waals surface area contributed by atoms with E-state index in [0.29, 0.717) is 11.1 Å². The molecule has 0 saturated heterocycles. The zero-order chi connectivity index (χ0) is 12.0. The number of carbonyl (C=O) groups is 1. The molecule has 0 amide bonds. The van der Waals surface area contributed by atoms with Crippen molar-refractivity contribution in [3.8, 4) is 0 Å². The van der Waals surface area contributed by atoms with Crippen molar-refractivity contribution in [3.63, 3.8) is 0 Å². The molecule has 16 heavy (non-hydrogen) atoms. The van der Waals surface area contributed by atoms with E-state index in [2.05, 4.69) is 11.6 Å². The fourth-order valence-corrected chi connectivity index (χ4v) is 1.48. The first kappa shape index (κ1) is 13.0. The van der Waals surface area contributed by atoms with E-state index < -0.39 is 4.77 Å². The van der Waals surface area contributed by atoms with Crippen LogP contribution in [0.3, 0.4) is 0 Å². The van der Waals surface area contributed by atoms with Crippen molar-refractivity contribution in [2.75, 3.05) is 0 Å². The first-order valence-corrected chi connectivity index (χ1v) is 5.97. The van der Waals surface area contributed by atoms with Crippen molar-refractivity contribution in [1.29, 1.82) is 0 Å². The Bertz CT molecular complexity index is 501. The van der Waals surface area contributed by atoms with Crippen molar-refractivity contribution in [2.24, 2.45) is 0 Å². The van der Waals surface area contributed by atoms with Crippen LogP contribution in [-0.2, 0) is 9.45 Å². The quantitative estimate of drug-likeness (QED) is 0.468. The molecule has 0 aliphatic heterocycles. The smallest absolute Gasteiger partial charge is 0.498 e. The van der Waals surface area contributed by atoms with Crippen molar-refractivity contribution < 1.29 is 9.45 Å². The van der Waals surface area contributed by atoms with Crippen LogP contribution in [0.25, 0.3) is 11.8 Å². The van der Waals surface area contributed by atoms with Gasteiger partial charge < -0.3 is 9.45 Å². The minimum Gasteiger partial charge on any atom is -0.544 e. The standard InChI is InChI=1S/C11H11BINO2/c1-3-9-6-5-7-14-11(9)10(4-2)16-12(13)8-15/h3-8H,2H2,1H3/b9-3-,11-10-. The lowest BCUT2D eigenvalue weighted by molar-refractivity contribution is 0.534. The van der Waals surface area contributed by atoms with Gasteiger partial charge >= 0.3 is 4.77 Å². The van der Waals surface area contributed by atoms with E-state index in [9.17, 15) is 4.79 Å². The lowest BCUT2D eigenvalue weighted by atomic mass is 10.1. The average molecular weight is 327 g/mol. The summed E-state index contributed by atoms with van der Waals surface area (Å²) in [4.78, 5) is 14.8. The molecule has 3 nitrogen and oxygen atoms in total. The molecule has 1 rings (SSSR count). The van der Waals surface area contributed by atoms with Crippen molar-refractivity contribution in [3.05, 3.63) is 41.6 Å². The molecule has 0 N–H and O–H groups in total. The Balaban J connectivity index is 3.37. The summed E-state index contributed by atoms with van der Waals surface area (Å²) in [5.74, 6) is 0.514. The molecule has 0 radical (unpaired) electrons. The fourth-order valence-electron chi connectivity index (χ4n) is 1.21. The second kappa shape index (κ2) is 6.47. The monoisotopic (exact) mass is 327 g/mol. The predicted molar refractivity (Wildman–Crippen MR) is 74.8 cm³/mol. The van der Waals surface area contributed by atoms with E-state index in [4.69, 9.17) is 4.65 Å². The largest absolute Gasteiger partial charge is 0.544 e. The SMILES string of the molecule is C=C/C(OB(I)C=O)=c1/nccc/c1=C/C. The van der Waals surface area contributed by atoms with Crippen LogP contribution in [-0.4, -0.2) is 15.9 Å². The highest BCUT2D eigenvalue weighted by molar-refractivity contribution is 14.1. The minimum absolute atomic E-state index is 0.514. The van der Waals surface area contributed by atoms with Gasteiger partial charge in [-0.25, -0.2) is 0 Å². The van der Waals surface area contributed by atoms with Gasteiger partial charge in [0.15, 0.2) is 0 Å². The highest BCUT2D eigenvalue weighted by atomic mass is 127. The van der Waals surface area contributed by atoms with Gasteiger partial charge in [-0.2, -0.15) is 0 Å². The number of pyridine rings is 1. The van der Waals surface area contributed by atoms with Crippen molar-refractivity contribution in [1.82, 2.24) is 4.98 Å². The van der Waals surface area contributed by atoms with E-state index in [0.717, 1.165) is 11.4 Å². The second-order valence-corrected chi connectivity index (χ2v) is 4.13. The van der Waals surface area contributed by atoms with Gasteiger partial charge in [0.1, 0.15) is 17.3 Å². The number of nitrogens with zero attached hydrogens (tertiary/aromatic N) is 1. The third-order valence-corrected chi connectivity index (χ3v) is 2.46. The van der Waals surface area contributed by atoms with Crippen molar-refractivity contribution in [2.45, 2.75) is 6.92 Å². The number of hydrogen-bond acceptors (Lipinski definition) is 3. The molecule has 1 aromatic rings. The summed E-state index contributed by atoms with van der Waals surface area (Å²) >= 11 is 1.90. The number of halogens is 1. The zero-order valence-corrected chi connectivity index (χ0v) is 11.0. The Morgan fingerprint density at radius 2 is 2.44 bits per heavy atom. The molecule has 0 fully saturated rings. The van der Waals surface area contributed by atoms with Crippen LogP contribution in [0.4, 0.5) is 0 Å². The predicted octanol–water partition coefficient (Wildman–Crippen LogP) is 0.888. The van der Waals surface area contributed by atoms with Gasteiger partial charge in [0, 0.05) is 6.20 Å². The fraction of sp³-hybridized carbons (Fsp3) is 0.0909. The highest BCUT2D eigenvalue weighted by Crippen LogP contribution is 2.03. The topological polar surface area (TPSA) is 39.2 Å². The number of hydrogen-bond donors (Lipinski definition) is 0. The molecule has 0 bridgehead atoms. The van der Waals surface area contributed by atoms with E-state index in [1.165, 1.54) is 0 Å². The van der Waals surface area contributed by atoms with Crippen LogP contribution in [0.15, 0.2) is 31.0 Å². The molecule has 0 unspecified atom stereocenters. The molecule has 1 heterocycles. The lowest BCUT2D eigenvalue weighted by Crippen LogP contribution is -2.31. The molecule has 82 valence electrons. The summed E-state index contributed by atoms with van der Waals surface area (Å²) in [6, 6.07) is 3.78. The Morgan fingerprint density at radius 3 is 3.00 bits per heavy atom. The van der Waals surface area contributed by atoms with E-state index in [1.807, 2.05) is 47.5 Å². The van der Waals surface area contributed by atoms with E-state index >= 15 is 0 Å². The van der Waals surface area contributed by atoms with Crippen LogP contribution in [0.5, 0.6) is 0 Å². The molecule has 0 aliphatic rings. The van der Waals surface area contributed by atoms with Crippen molar-refractivity contribution >= 4 is 45.2 Å².